The minimum absolute atomic E-state index is 0.0140. The number of phenols is 1. The molecule has 1 saturated carbocycles. The lowest BCUT2D eigenvalue weighted by Gasteiger charge is -2.43. The lowest BCUT2D eigenvalue weighted by molar-refractivity contribution is -0.343. The number of ether oxygens (including phenoxy) is 5. The minimum atomic E-state index is -1.71. The Morgan fingerprint density at radius 1 is 1.00 bits per heavy atom. The summed E-state index contributed by atoms with van der Waals surface area (Å²) in [6.45, 7) is 0.968. The van der Waals surface area contributed by atoms with E-state index in [1.165, 1.54) is 18.2 Å². The van der Waals surface area contributed by atoms with Gasteiger partial charge in [0.1, 0.15) is 36.3 Å². The molecule has 214 valence electrons. The molecular formula is C26H32O13. The number of rotatable bonds is 7. The molecular weight excluding hydrogens is 520 g/mol. The first-order valence-corrected chi connectivity index (χ1v) is 12.3. The van der Waals surface area contributed by atoms with Crippen LogP contribution in [-0.2, 0) is 33.3 Å². The van der Waals surface area contributed by atoms with Gasteiger partial charge in [0.15, 0.2) is 6.29 Å². The zero-order chi connectivity index (χ0) is 28.4. The summed E-state index contributed by atoms with van der Waals surface area (Å²) in [6.07, 6.45) is -7.85. The molecule has 1 saturated heterocycles. The van der Waals surface area contributed by atoms with Crippen LogP contribution in [0.15, 0.2) is 42.2 Å². The lowest BCUT2D eigenvalue weighted by Crippen LogP contribution is -2.60. The van der Waals surface area contributed by atoms with Crippen molar-refractivity contribution in [1.29, 1.82) is 0 Å². The molecule has 0 radical (unpaired) electrons. The Balaban J connectivity index is 1.56. The number of aliphatic hydroxyl groups excluding tert-OH is 5. The standard InChI is InChI=1S/C26H32O13/c1-11-17-18(23(19(11)30)38-16(29)8-5-12-3-6-13(28)7-4-12)14(24(34)35-2)10-36-25(17)39-26-22(33)21(32)20(31)15(9-27)37-26/h3-8,10-11,15,17-23,25-28,30-33H,9H2,1-2H3/b8-5+. The third-order valence-electron chi connectivity index (χ3n) is 7.35. The summed E-state index contributed by atoms with van der Waals surface area (Å²) in [7, 11) is 1.16. The molecule has 0 bridgehead atoms. The Hall–Kier alpha value is -3.04. The smallest absolute Gasteiger partial charge is 0.337 e. The molecule has 1 aliphatic carbocycles. The summed E-state index contributed by atoms with van der Waals surface area (Å²) < 4.78 is 27.3. The molecule has 0 aromatic heterocycles. The van der Waals surface area contributed by atoms with Crippen LogP contribution in [0.4, 0.5) is 0 Å². The van der Waals surface area contributed by atoms with E-state index in [0.717, 1.165) is 19.4 Å². The van der Waals surface area contributed by atoms with E-state index < -0.39 is 85.5 Å². The van der Waals surface area contributed by atoms with Crippen molar-refractivity contribution >= 4 is 18.0 Å². The third kappa shape index (κ3) is 5.79. The van der Waals surface area contributed by atoms with Crippen LogP contribution in [0.5, 0.6) is 5.75 Å². The lowest BCUT2D eigenvalue weighted by atomic mass is 9.82. The van der Waals surface area contributed by atoms with Crippen molar-refractivity contribution in [3.05, 3.63) is 47.7 Å². The number of methoxy groups -OCH3 is 1. The van der Waals surface area contributed by atoms with Gasteiger partial charge in [-0.2, -0.15) is 0 Å². The van der Waals surface area contributed by atoms with Crippen LogP contribution in [0.2, 0.25) is 0 Å². The molecule has 1 aromatic carbocycles. The predicted octanol–water partition coefficient (Wildman–Crippen LogP) is -1.21. The zero-order valence-corrected chi connectivity index (χ0v) is 21.1. The fourth-order valence-electron chi connectivity index (χ4n) is 5.20. The van der Waals surface area contributed by atoms with Crippen molar-refractivity contribution in [3.8, 4) is 5.75 Å². The Morgan fingerprint density at radius 3 is 2.33 bits per heavy atom. The maximum Gasteiger partial charge on any atom is 0.337 e. The number of aromatic hydroxyl groups is 1. The number of hydrogen-bond donors (Lipinski definition) is 6. The molecule has 11 unspecified atom stereocenters. The largest absolute Gasteiger partial charge is 0.508 e. The fraction of sp³-hybridized carbons (Fsp3) is 0.538. The van der Waals surface area contributed by atoms with E-state index in [1.54, 1.807) is 19.1 Å². The molecule has 13 heteroatoms. The average molecular weight is 553 g/mol. The molecule has 0 amide bonds. The first-order chi connectivity index (χ1) is 18.6. The molecule has 3 aliphatic rings. The summed E-state index contributed by atoms with van der Waals surface area (Å²) in [5.41, 5.74) is 0.594. The summed E-state index contributed by atoms with van der Waals surface area (Å²) in [4.78, 5) is 25.3. The van der Waals surface area contributed by atoms with Gasteiger partial charge in [-0.05, 0) is 29.7 Å². The SMILES string of the molecule is COC(=O)C1=COC(OC2OC(CO)C(O)C(O)C2O)C2C(C)C(O)C(OC(=O)/C=C/c3ccc(O)cc3)C12. The summed E-state index contributed by atoms with van der Waals surface area (Å²) in [6, 6.07) is 6.06. The van der Waals surface area contributed by atoms with E-state index >= 15 is 0 Å². The highest BCUT2D eigenvalue weighted by Crippen LogP contribution is 2.49. The van der Waals surface area contributed by atoms with E-state index in [4.69, 9.17) is 23.7 Å². The Kier molecular flexibility index (Phi) is 8.91. The van der Waals surface area contributed by atoms with Crippen molar-refractivity contribution in [2.24, 2.45) is 17.8 Å². The molecule has 2 heterocycles. The first-order valence-electron chi connectivity index (χ1n) is 12.3. The predicted molar refractivity (Wildman–Crippen MR) is 129 cm³/mol. The van der Waals surface area contributed by atoms with Crippen LogP contribution in [-0.4, -0.2) is 105 Å². The summed E-state index contributed by atoms with van der Waals surface area (Å²) in [5, 5.41) is 60.5. The molecule has 0 spiro atoms. The number of benzene rings is 1. The van der Waals surface area contributed by atoms with Gasteiger partial charge < -0.3 is 54.3 Å². The van der Waals surface area contributed by atoms with Crippen molar-refractivity contribution in [1.82, 2.24) is 0 Å². The van der Waals surface area contributed by atoms with Crippen molar-refractivity contribution in [3.63, 3.8) is 0 Å². The molecule has 2 aliphatic heterocycles. The van der Waals surface area contributed by atoms with Gasteiger partial charge in [0.05, 0.1) is 31.7 Å². The van der Waals surface area contributed by atoms with Crippen molar-refractivity contribution in [2.45, 2.75) is 56.1 Å². The molecule has 2 fully saturated rings. The maximum atomic E-state index is 12.7. The molecule has 13 nitrogen and oxygen atoms in total. The van der Waals surface area contributed by atoms with Gasteiger partial charge in [-0.3, -0.25) is 0 Å². The number of carbonyl (C=O) groups excluding carboxylic acids is 2. The number of esters is 2. The minimum Gasteiger partial charge on any atom is -0.508 e. The van der Waals surface area contributed by atoms with E-state index in [1.807, 2.05) is 0 Å². The van der Waals surface area contributed by atoms with Gasteiger partial charge in [-0.1, -0.05) is 19.1 Å². The van der Waals surface area contributed by atoms with Crippen LogP contribution in [0.3, 0.4) is 0 Å². The first kappa shape index (κ1) is 29.0. The third-order valence-corrected chi connectivity index (χ3v) is 7.35. The molecule has 6 N–H and O–H groups in total. The summed E-state index contributed by atoms with van der Waals surface area (Å²) in [5.74, 6) is -3.95. The maximum absolute atomic E-state index is 12.7. The zero-order valence-electron chi connectivity index (χ0n) is 21.1. The second-order valence-corrected chi connectivity index (χ2v) is 9.68. The van der Waals surface area contributed by atoms with Gasteiger partial charge in [-0.25, -0.2) is 9.59 Å². The van der Waals surface area contributed by atoms with Gasteiger partial charge in [0.25, 0.3) is 0 Å². The number of aliphatic hydroxyl groups is 5. The number of fused-ring (bicyclic) bond motifs is 1. The van der Waals surface area contributed by atoms with Crippen LogP contribution >= 0.6 is 0 Å². The topological polar surface area (TPSA) is 202 Å². The normalized spacial score (nSPS) is 38.0. The Bertz CT molecular complexity index is 1080. The van der Waals surface area contributed by atoms with E-state index in [2.05, 4.69) is 0 Å². The molecule has 4 rings (SSSR count). The molecule has 11 atom stereocenters. The summed E-state index contributed by atoms with van der Waals surface area (Å²) >= 11 is 0. The number of hydrogen-bond acceptors (Lipinski definition) is 13. The Morgan fingerprint density at radius 2 is 1.69 bits per heavy atom. The van der Waals surface area contributed by atoms with Gasteiger partial charge in [0, 0.05) is 17.9 Å². The highest BCUT2D eigenvalue weighted by Gasteiger charge is 2.59. The van der Waals surface area contributed by atoms with Gasteiger partial charge >= 0.3 is 11.9 Å². The number of phenolic OH excluding ortho intramolecular Hbond substituents is 1. The quantitative estimate of drug-likeness (QED) is 0.174. The second kappa shape index (κ2) is 12.0. The second-order valence-electron chi connectivity index (χ2n) is 9.68. The van der Waals surface area contributed by atoms with Crippen LogP contribution in [0, 0.1) is 17.8 Å². The van der Waals surface area contributed by atoms with Crippen molar-refractivity contribution < 1.29 is 63.9 Å². The van der Waals surface area contributed by atoms with Gasteiger partial charge in [0.2, 0.25) is 6.29 Å². The highest BCUT2D eigenvalue weighted by molar-refractivity contribution is 5.90. The monoisotopic (exact) mass is 552 g/mol. The molecule has 1 aromatic rings. The van der Waals surface area contributed by atoms with E-state index in [9.17, 15) is 40.2 Å². The van der Waals surface area contributed by atoms with Crippen molar-refractivity contribution in [2.75, 3.05) is 13.7 Å². The van der Waals surface area contributed by atoms with Crippen LogP contribution in [0.25, 0.3) is 6.08 Å². The fourth-order valence-corrected chi connectivity index (χ4v) is 5.20. The van der Waals surface area contributed by atoms with Gasteiger partial charge in [-0.15, -0.1) is 0 Å². The molecule has 39 heavy (non-hydrogen) atoms. The van der Waals surface area contributed by atoms with E-state index in [-0.39, 0.29) is 11.3 Å². The Labute approximate surface area is 223 Å². The highest BCUT2D eigenvalue weighted by atomic mass is 16.8. The number of carbonyl (C=O) groups is 2. The van der Waals surface area contributed by atoms with Crippen LogP contribution < -0.4 is 0 Å². The average Bonchev–Trinajstić information content (AvgIpc) is 3.18. The van der Waals surface area contributed by atoms with Crippen LogP contribution in [0.1, 0.15) is 12.5 Å². The van der Waals surface area contributed by atoms with E-state index in [0.29, 0.717) is 5.56 Å².